The van der Waals surface area contributed by atoms with E-state index in [1.165, 1.54) is 103 Å². The fourth-order valence-electron chi connectivity index (χ4n) is 3.30. The zero-order valence-corrected chi connectivity index (χ0v) is 18.4. The molecule has 0 aromatic carbocycles. The third kappa shape index (κ3) is 32.7. The van der Waals surface area contributed by atoms with Crippen molar-refractivity contribution < 1.29 is 20.5 Å². The molecule has 0 unspecified atom stereocenters. The standard InChI is InChI=1S/C21H45NO2.HNO3/c1-3-4-5-6-7-8-9-10-11-12-13-14-15-16-17-18-19-22(2)20-21(23)24;2-1(3)4/h21,23-24H,3-20H2,1-2H3;(H,2,3,4). The molecule has 28 heavy (non-hydrogen) atoms. The largest absolute Gasteiger partial charge is 0.367 e. The fourth-order valence-corrected chi connectivity index (χ4v) is 3.30. The number of aliphatic hydroxyl groups is 2. The van der Waals surface area contributed by atoms with E-state index in [4.69, 9.17) is 25.5 Å². The second-order valence-electron chi connectivity index (χ2n) is 7.78. The van der Waals surface area contributed by atoms with Gasteiger partial charge in [-0.1, -0.05) is 103 Å². The average Bonchev–Trinajstić information content (AvgIpc) is 2.60. The molecule has 0 spiro atoms. The maximum atomic E-state index is 8.87. The number of rotatable bonds is 19. The zero-order chi connectivity index (χ0) is 21.5. The molecule has 7 nitrogen and oxygen atoms in total. The van der Waals surface area contributed by atoms with Gasteiger partial charge in [-0.3, -0.25) is 0 Å². The quantitative estimate of drug-likeness (QED) is 0.119. The van der Waals surface area contributed by atoms with Crippen molar-refractivity contribution in [3.05, 3.63) is 10.1 Å². The molecule has 0 aromatic rings. The molecule has 0 amide bonds. The molecular formula is C21H46N2O5. The molecule has 0 heterocycles. The topological polar surface area (TPSA) is 107 Å². The minimum atomic E-state index is -1.50. The lowest BCUT2D eigenvalue weighted by Crippen LogP contribution is -2.29. The Balaban J connectivity index is 0. The highest BCUT2D eigenvalue weighted by Crippen LogP contribution is 2.13. The Labute approximate surface area is 172 Å². The SMILES string of the molecule is CCCCCCCCCCCCCCCCCCN(C)CC(O)O.O=[N+]([O-])O. The summed E-state index contributed by atoms with van der Waals surface area (Å²) in [5.41, 5.74) is 0. The Morgan fingerprint density at radius 2 is 1.04 bits per heavy atom. The van der Waals surface area contributed by atoms with E-state index < -0.39 is 11.4 Å². The van der Waals surface area contributed by atoms with Gasteiger partial charge in [0.15, 0.2) is 6.29 Å². The molecule has 0 saturated carbocycles. The molecule has 0 rings (SSSR count). The van der Waals surface area contributed by atoms with E-state index in [0.29, 0.717) is 6.54 Å². The first-order valence-corrected chi connectivity index (χ1v) is 11.3. The highest BCUT2D eigenvalue weighted by molar-refractivity contribution is 4.54. The summed E-state index contributed by atoms with van der Waals surface area (Å²) in [6.07, 6.45) is 21.0. The summed E-state index contributed by atoms with van der Waals surface area (Å²) in [6, 6.07) is 0. The predicted octanol–water partition coefficient (Wildman–Crippen LogP) is 5.14. The number of aliphatic hydroxyl groups excluding tert-OH is 1. The summed E-state index contributed by atoms with van der Waals surface area (Å²) in [5, 5.41) is 31.4. The molecule has 0 aliphatic heterocycles. The van der Waals surface area contributed by atoms with E-state index in [2.05, 4.69) is 6.92 Å². The molecular weight excluding hydrogens is 360 g/mol. The minimum absolute atomic E-state index is 0.360. The summed E-state index contributed by atoms with van der Waals surface area (Å²) in [4.78, 5) is 10.4. The van der Waals surface area contributed by atoms with E-state index in [-0.39, 0.29) is 0 Å². The van der Waals surface area contributed by atoms with Gasteiger partial charge in [0, 0.05) is 6.54 Å². The van der Waals surface area contributed by atoms with E-state index in [9.17, 15) is 0 Å². The van der Waals surface area contributed by atoms with Crippen LogP contribution in [0.15, 0.2) is 0 Å². The molecule has 170 valence electrons. The molecule has 0 radical (unpaired) electrons. The Kier molecular flexibility index (Phi) is 25.2. The van der Waals surface area contributed by atoms with Crippen molar-refractivity contribution in [1.82, 2.24) is 4.90 Å². The molecule has 3 N–H and O–H groups in total. The second kappa shape index (κ2) is 24.1. The number of hydrogen-bond donors (Lipinski definition) is 3. The fraction of sp³-hybridized carbons (Fsp3) is 1.00. The van der Waals surface area contributed by atoms with Crippen LogP contribution >= 0.6 is 0 Å². The normalized spacial score (nSPS) is 10.9. The zero-order valence-electron chi connectivity index (χ0n) is 18.4. The second-order valence-corrected chi connectivity index (χ2v) is 7.78. The summed E-state index contributed by atoms with van der Waals surface area (Å²) in [7, 11) is 1.95. The first kappa shape index (κ1) is 29.3. The summed E-state index contributed by atoms with van der Waals surface area (Å²) in [6.45, 7) is 3.61. The van der Waals surface area contributed by atoms with Crippen LogP contribution in [0.3, 0.4) is 0 Å². The number of nitrogens with zero attached hydrogens (tertiary/aromatic N) is 2. The van der Waals surface area contributed by atoms with Gasteiger partial charge in [0.05, 0.1) is 0 Å². The van der Waals surface area contributed by atoms with E-state index in [0.717, 1.165) is 6.54 Å². The van der Waals surface area contributed by atoms with Gasteiger partial charge < -0.3 is 20.3 Å². The Bertz CT molecular complexity index is 313. The van der Waals surface area contributed by atoms with Crippen molar-refractivity contribution in [3.8, 4) is 0 Å². The van der Waals surface area contributed by atoms with Gasteiger partial charge in [0.2, 0.25) is 0 Å². The molecule has 0 aromatic heterocycles. The lowest BCUT2D eigenvalue weighted by molar-refractivity contribution is -0.742. The predicted molar refractivity (Wildman–Crippen MR) is 114 cm³/mol. The molecule has 0 fully saturated rings. The van der Waals surface area contributed by atoms with Crippen molar-refractivity contribution in [1.29, 1.82) is 0 Å². The summed E-state index contributed by atoms with van der Waals surface area (Å²) >= 11 is 0. The van der Waals surface area contributed by atoms with Crippen LogP contribution < -0.4 is 0 Å². The summed E-state index contributed by atoms with van der Waals surface area (Å²) < 4.78 is 0. The van der Waals surface area contributed by atoms with E-state index in [1.807, 2.05) is 11.9 Å². The molecule has 0 saturated heterocycles. The Hall–Kier alpha value is -0.920. The molecule has 0 aliphatic rings. The summed E-state index contributed by atoms with van der Waals surface area (Å²) in [5.74, 6) is 0. The van der Waals surface area contributed by atoms with E-state index >= 15 is 0 Å². The van der Waals surface area contributed by atoms with Gasteiger partial charge in [-0.2, -0.15) is 0 Å². The van der Waals surface area contributed by atoms with Gasteiger partial charge in [-0.15, -0.1) is 10.1 Å². The van der Waals surface area contributed by atoms with Crippen molar-refractivity contribution in [2.24, 2.45) is 0 Å². The highest BCUT2D eigenvalue weighted by Gasteiger charge is 2.03. The van der Waals surface area contributed by atoms with Crippen LogP contribution in [0.25, 0.3) is 0 Å². The van der Waals surface area contributed by atoms with Gasteiger partial charge >= 0.3 is 0 Å². The third-order valence-electron chi connectivity index (χ3n) is 4.87. The first-order chi connectivity index (χ1) is 13.4. The third-order valence-corrected chi connectivity index (χ3v) is 4.87. The highest BCUT2D eigenvalue weighted by atomic mass is 16.9. The van der Waals surface area contributed by atoms with Crippen molar-refractivity contribution in [2.45, 2.75) is 116 Å². The van der Waals surface area contributed by atoms with Gasteiger partial charge in [-0.05, 0) is 20.0 Å². The molecule has 0 aliphatic carbocycles. The van der Waals surface area contributed by atoms with Crippen molar-refractivity contribution >= 4 is 0 Å². The minimum Gasteiger partial charge on any atom is -0.367 e. The van der Waals surface area contributed by atoms with Gasteiger partial charge in [0.25, 0.3) is 5.09 Å². The maximum absolute atomic E-state index is 8.87. The number of likely N-dealkylation sites (N-methyl/N-ethyl adjacent to an activating group) is 1. The maximum Gasteiger partial charge on any atom is 0.291 e. The van der Waals surface area contributed by atoms with Crippen LogP contribution in [0.2, 0.25) is 0 Å². The lowest BCUT2D eigenvalue weighted by atomic mass is 10.0. The van der Waals surface area contributed by atoms with Crippen molar-refractivity contribution in [2.75, 3.05) is 20.1 Å². The van der Waals surface area contributed by atoms with Crippen LogP contribution in [0, 0.1) is 10.1 Å². The average molecular weight is 407 g/mol. The molecule has 7 heteroatoms. The number of hydrogen-bond acceptors (Lipinski definition) is 5. The van der Waals surface area contributed by atoms with E-state index in [1.54, 1.807) is 0 Å². The van der Waals surface area contributed by atoms with Crippen LogP contribution in [-0.2, 0) is 0 Å². The first-order valence-electron chi connectivity index (χ1n) is 11.3. The Morgan fingerprint density at radius 3 is 1.32 bits per heavy atom. The smallest absolute Gasteiger partial charge is 0.291 e. The Morgan fingerprint density at radius 1 is 0.750 bits per heavy atom. The van der Waals surface area contributed by atoms with Gasteiger partial charge in [0.1, 0.15) is 0 Å². The molecule has 0 bridgehead atoms. The van der Waals surface area contributed by atoms with Crippen molar-refractivity contribution in [3.63, 3.8) is 0 Å². The number of unbranched alkanes of at least 4 members (excludes halogenated alkanes) is 15. The van der Waals surface area contributed by atoms with Crippen LogP contribution in [-0.4, -0.2) is 51.8 Å². The van der Waals surface area contributed by atoms with Crippen LogP contribution in [0.1, 0.15) is 110 Å². The molecule has 0 atom stereocenters. The monoisotopic (exact) mass is 406 g/mol. The van der Waals surface area contributed by atoms with Gasteiger partial charge in [-0.25, -0.2) is 0 Å². The lowest BCUT2D eigenvalue weighted by Gasteiger charge is -2.17. The van der Waals surface area contributed by atoms with Crippen LogP contribution in [0.5, 0.6) is 0 Å². The van der Waals surface area contributed by atoms with Crippen LogP contribution in [0.4, 0.5) is 0 Å².